The summed E-state index contributed by atoms with van der Waals surface area (Å²) >= 11 is 5.87. The molecule has 0 bridgehead atoms. The van der Waals surface area contributed by atoms with E-state index in [4.69, 9.17) is 11.6 Å². The summed E-state index contributed by atoms with van der Waals surface area (Å²) in [5.74, 6) is -0.969. The molecule has 2 atom stereocenters. The molecule has 0 amide bonds. The predicted octanol–water partition coefficient (Wildman–Crippen LogP) is 0.947. The van der Waals surface area contributed by atoms with E-state index in [1.54, 1.807) is 0 Å². The molecule has 1 aromatic rings. The maximum atomic E-state index is 12.6. The van der Waals surface area contributed by atoms with Gasteiger partial charge in [0.2, 0.25) is 0 Å². The van der Waals surface area contributed by atoms with Crippen molar-refractivity contribution in [3.05, 3.63) is 11.2 Å². The molecular weight excluding hydrogens is 306 g/mol. The molecule has 1 saturated heterocycles. The van der Waals surface area contributed by atoms with Gasteiger partial charge in [0.25, 0.3) is 10.0 Å². The molecular formula is C11H16ClN3O4S. The van der Waals surface area contributed by atoms with Gasteiger partial charge in [-0.05, 0) is 18.8 Å². The maximum absolute atomic E-state index is 12.6. The third-order valence-electron chi connectivity index (χ3n) is 3.50. The predicted molar refractivity (Wildman–Crippen MR) is 71.9 cm³/mol. The average molecular weight is 322 g/mol. The zero-order valence-electron chi connectivity index (χ0n) is 11.2. The number of sulfonamides is 1. The van der Waals surface area contributed by atoms with Gasteiger partial charge in [0.15, 0.2) is 5.03 Å². The Hall–Kier alpha value is -1.12. The summed E-state index contributed by atoms with van der Waals surface area (Å²) in [5, 5.41) is 12.9. The Morgan fingerprint density at radius 3 is 2.70 bits per heavy atom. The van der Waals surface area contributed by atoms with Crippen LogP contribution in [0.4, 0.5) is 0 Å². The highest BCUT2D eigenvalue weighted by Crippen LogP contribution is 2.31. The molecule has 1 aromatic heterocycles. The fourth-order valence-electron chi connectivity index (χ4n) is 2.43. The van der Waals surface area contributed by atoms with Crippen molar-refractivity contribution in [1.29, 1.82) is 0 Å². The smallest absolute Gasteiger partial charge is 0.322 e. The molecule has 9 heteroatoms. The lowest BCUT2D eigenvalue weighted by Crippen LogP contribution is -2.50. The van der Waals surface area contributed by atoms with Gasteiger partial charge in [-0.1, -0.05) is 18.5 Å². The van der Waals surface area contributed by atoms with Crippen LogP contribution in [0.5, 0.6) is 0 Å². The molecule has 112 valence electrons. The zero-order chi connectivity index (χ0) is 15.1. The summed E-state index contributed by atoms with van der Waals surface area (Å²) in [7, 11) is -2.52. The topological polar surface area (TPSA) is 92.5 Å². The van der Waals surface area contributed by atoms with E-state index in [-0.39, 0.29) is 22.5 Å². The summed E-state index contributed by atoms with van der Waals surface area (Å²) in [6, 6.07) is -1.06. The van der Waals surface area contributed by atoms with E-state index in [1.807, 2.05) is 6.92 Å². The third kappa shape index (κ3) is 2.55. The number of nitrogens with zero attached hydrogens (tertiary/aromatic N) is 3. The first-order chi connectivity index (χ1) is 9.25. The van der Waals surface area contributed by atoms with E-state index < -0.39 is 22.0 Å². The number of carboxylic acids is 1. The van der Waals surface area contributed by atoms with Crippen molar-refractivity contribution in [2.45, 2.75) is 30.8 Å². The Kier molecular flexibility index (Phi) is 4.08. The van der Waals surface area contributed by atoms with Crippen LogP contribution in [0.3, 0.4) is 0 Å². The van der Waals surface area contributed by atoms with Gasteiger partial charge < -0.3 is 5.11 Å². The number of aryl methyl sites for hydroxylation is 1. The molecule has 0 saturated carbocycles. The number of piperidine rings is 1. The minimum absolute atomic E-state index is 0.00439. The highest BCUT2D eigenvalue weighted by Gasteiger charge is 2.41. The van der Waals surface area contributed by atoms with Crippen LogP contribution in [0.15, 0.2) is 11.2 Å². The van der Waals surface area contributed by atoms with Crippen molar-refractivity contribution in [3.63, 3.8) is 0 Å². The number of carbonyl (C=O) groups is 1. The van der Waals surface area contributed by atoms with Crippen molar-refractivity contribution in [1.82, 2.24) is 14.1 Å². The van der Waals surface area contributed by atoms with Gasteiger partial charge in [0.1, 0.15) is 6.04 Å². The van der Waals surface area contributed by atoms with Crippen LogP contribution in [0.2, 0.25) is 5.02 Å². The quantitative estimate of drug-likeness (QED) is 0.894. The van der Waals surface area contributed by atoms with Crippen LogP contribution in [-0.4, -0.2) is 46.2 Å². The number of halogens is 1. The first-order valence-electron chi connectivity index (χ1n) is 6.17. The van der Waals surface area contributed by atoms with Crippen LogP contribution < -0.4 is 0 Å². The monoisotopic (exact) mass is 321 g/mol. The summed E-state index contributed by atoms with van der Waals surface area (Å²) < 4.78 is 27.4. The summed E-state index contributed by atoms with van der Waals surface area (Å²) in [4.78, 5) is 11.3. The fourth-order valence-corrected chi connectivity index (χ4v) is 4.65. The number of hydrogen-bond acceptors (Lipinski definition) is 4. The molecule has 20 heavy (non-hydrogen) atoms. The number of carboxylic acid groups (broad SMARTS) is 1. The molecule has 1 aliphatic rings. The number of aliphatic carboxylic acids is 1. The Bertz CT molecular complexity index is 608. The minimum Gasteiger partial charge on any atom is -0.480 e. The van der Waals surface area contributed by atoms with Gasteiger partial charge >= 0.3 is 5.97 Å². The molecule has 1 fully saturated rings. The molecule has 2 heterocycles. The number of hydrogen-bond donors (Lipinski definition) is 1. The Labute approximate surface area is 122 Å². The lowest BCUT2D eigenvalue weighted by atomic mass is 9.94. The molecule has 1 N–H and O–H groups in total. The van der Waals surface area contributed by atoms with Crippen molar-refractivity contribution in [3.8, 4) is 0 Å². The van der Waals surface area contributed by atoms with E-state index in [0.717, 1.165) is 8.99 Å². The molecule has 0 spiro atoms. The zero-order valence-corrected chi connectivity index (χ0v) is 12.7. The average Bonchev–Trinajstić information content (AvgIpc) is 2.69. The highest BCUT2D eigenvalue weighted by atomic mass is 35.5. The summed E-state index contributed by atoms with van der Waals surface area (Å²) in [6.07, 6.45) is 2.15. The Balaban J connectivity index is 2.45. The van der Waals surface area contributed by atoms with Gasteiger partial charge in [0, 0.05) is 13.6 Å². The van der Waals surface area contributed by atoms with Crippen molar-refractivity contribution in [2.75, 3.05) is 6.54 Å². The van der Waals surface area contributed by atoms with Crippen LogP contribution in [0, 0.1) is 5.92 Å². The van der Waals surface area contributed by atoms with Crippen molar-refractivity contribution < 1.29 is 18.3 Å². The highest BCUT2D eigenvalue weighted by molar-refractivity contribution is 7.89. The summed E-state index contributed by atoms with van der Waals surface area (Å²) in [5.41, 5.74) is 0. The molecule has 0 radical (unpaired) electrons. The van der Waals surface area contributed by atoms with Crippen molar-refractivity contribution in [2.24, 2.45) is 13.0 Å². The minimum atomic E-state index is -3.98. The van der Waals surface area contributed by atoms with Gasteiger partial charge in [-0.3, -0.25) is 9.48 Å². The van der Waals surface area contributed by atoms with Gasteiger partial charge in [-0.2, -0.15) is 9.40 Å². The van der Waals surface area contributed by atoms with Gasteiger partial charge in [-0.25, -0.2) is 8.42 Å². The molecule has 0 aromatic carbocycles. The molecule has 1 aliphatic heterocycles. The second-order valence-electron chi connectivity index (χ2n) is 5.02. The molecule has 2 unspecified atom stereocenters. The third-order valence-corrected chi connectivity index (χ3v) is 5.91. The van der Waals surface area contributed by atoms with E-state index in [2.05, 4.69) is 5.10 Å². The number of rotatable bonds is 3. The van der Waals surface area contributed by atoms with E-state index in [0.29, 0.717) is 12.8 Å². The Morgan fingerprint density at radius 2 is 2.20 bits per heavy atom. The lowest BCUT2D eigenvalue weighted by molar-refractivity contribution is -0.143. The van der Waals surface area contributed by atoms with Gasteiger partial charge in [-0.15, -0.1) is 0 Å². The van der Waals surface area contributed by atoms with E-state index in [1.165, 1.54) is 13.2 Å². The van der Waals surface area contributed by atoms with E-state index in [9.17, 15) is 18.3 Å². The summed E-state index contributed by atoms with van der Waals surface area (Å²) in [6.45, 7) is 2.08. The van der Waals surface area contributed by atoms with Gasteiger partial charge in [0.05, 0.1) is 11.2 Å². The molecule has 0 aliphatic carbocycles. The maximum Gasteiger partial charge on any atom is 0.322 e. The van der Waals surface area contributed by atoms with Crippen LogP contribution in [-0.2, 0) is 21.9 Å². The van der Waals surface area contributed by atoms with Crippen molar-refractivity contribution >= 4 is 27.6 Å². The molecule has 7 nitrogen and oxygen atoms in total. The van der Waals surface area contributed by atoms with Crippen LogP contribution in [0.1, 0.15) is 19.8 Å². The first kappa shape index (κ1) is 15.3. The molecule has 2 rings (SSSR count). The fraction of sp³-hybridized carbons (Fsp3) is 0.636. The van der Waals surface area contributed by atoms with Crippen LogP contribution >= 0.6 is 11.6 Å². The van der Waals surface area contributed by atoms with E-state index >= 15 is 0 Å². The number of aromatic nitrogens is 2. The normalized spacial score (nSPS) is 24.8. The lowest BCUT2D eigenvalue weighted by Gasteiger charge is -2.34. The van der Waals surface area contributed by atoms with Crippen LogP contribution in [0.25, 0.3) is 0 Å². The first-order valence-corrected chi connectivity index (χ1v) is 7.99. The Morgan fingerprint density at radius 1 is 1.55 bits per heavy atom. The SMILES string of the molecule is CC1CCN(S(=O)(=O)c2c(Cl)cnn2C)C(C(=O)O)C1. The second-order valence-corrected chi connectivity index (χ2v) is 7.23. The second kappa shape index (κ2) is 5.34. The standard InChI is InChI=1S/C11H16ClN3O4S/c1-7-3-4-15(9(5-7)11(16)17)20(18,19)10-8(12)6-13-14(10)2/h6-7,9H,3-5H2,1-2H3,(H,16,17). The largest absolute Gasteiger partial charge is 0.480 e.